The number of ether oxygens (including phenoxy) is 1. The molecule has 0 saturated heterocycles. The maximum Gasteiger partial charge on any atom is 0.307 e. The van der Waals surface area contributed by atoms with Crippen molar-refractivity contribution in [2.45, 2.75) is 13.3 Å². The number of carbonyl (C=O) groups excluding carboxylic acids is 1. The summed E-state index contributed by atoms with van der Waals surface area (Å²) in [5.41, 5.74) is 0. The summed E-state index contributed by atoms with van der Waals surface area (Å²) in [6.07, 6.45) is 0.292. The highest BCUT2D eigenvalue weighted by Gasteiger charge is 2.09. The zero-order chi connectivity index (χ0) is 13.3. The van der Waals surface area contributed by atoms with Crippen LogP contribution in [0.2, 0.25) is 0 Å². The Balaban J connectivity index is 3.94. The number of hydrogen-bond donors (Lipinski definition) is 3. The van der Waals surface area contributed by atoms with Crippen LogP contribution in [0.15, 0.2) is 0 Å². The molecule has 0 heterocycles. The van der Waals surface area contributed by atoms with Crippen LogP contribution in [0.5, 0.6) is 0 Å². The SMILES string of the molecule is CCOC(=O)CCN(CCNC(=S)S)C(=S)S. The van der Waals surface area contributed by atoms with Gasteiger partial charge in [-0.05, 0) is 6.92 Å². The van der Waals surface area contributed by atoms with Crippen LogP contribution in [0.1, 0.15) is 13.3 Å². The lowest BCUT2D eigenvalue weighted by molar-refractivity contribution is -0.143. The number of nitrogens with one attached hydrogen (secondary N) is 1. The Morgan fingerprint density at radius 3 is 2.47 bits per heavy atom. The molecule has 0 aliphatic carbocycles. The van der Waals surface area contributed by atoms with E-state index < -0.39 is 0 Å². The lowest BCUT2D eigenvalue weighted by atomic mass is 10.4. The summed E-state index contributed by atoms with van der Waals surface area (Å²) in [6, 6.07) is 0. The standard InChI is InChI=1S/C9H16N2O2S4/c1-2-13-7(12)3-5-11(9(16)17)6-4-10-8(14)15/h2-6H2,1H3,(H,16,17)(H2,10,14,15). The smallest absolute Gasteiger partial charge is 0.307 e. The van der Waals surface area contributed by atoms with Crippen LogP contribution in [0.3, 0.4) is 0 Å². The van der Waals surface area contributed by atoms with E-state index in [4.69, 9.17) is 29.2 Å². The Kier molecular flexibility index (Phi) is 9.90. The second-order valence-electron chi connectivity index (χ2n) is 3.06. The number of thiol groups is 2. The second kappa shape index (κ2) is 9.93. The third kappa shape index (κ3) is 9.63. The molecule has 17 heavy (non-hydrogen) atoms. The highest BCUT2D eigenvalue weighted by atomic mass is 32.1. The van der Waals surface area contributed by atoms with Gasteiger partial charge in [0.1, 0.15) is 8.64 Å². The van der Waals surface area contributed by atoms with Gasteiger partial charge in [-0.25, -0.2) is 0 Å². The average Bonchev–Trinajstić information content (AvgIpc) is 2.22. The van der Waals surface area contributed by atoms with Gasteiger partial charge in [-0.15, -0.1) is 25.3 Å². The molecule has 0 aromatic rings. The van der Waals surface area contributed by atoms with Crippen LogP contribution < -0.4 is 5.32 Å². The summed E-state index contributed by atoms with van der Waals surface area (Å²) in [5.74, 6) is -0.236. The Bertz CT molecular complexity index is 286. The zero-order valence-corrected chi connectivity index (χ0v) is 12.9. The van der Waals surface area contributed by atoms with E-state index in [1.54, 1.807) is 11.8 Å². The summed E-state index contributed by atoms with van der Waals surface area (Å²) in [6.45, 7) is 3.87. The molecule has 0 rings (SSSR count). The molecule has 0 saturated carbocycles. The topological polar surface area (TPSA) is 41.6 Å². The maximum atomic E-state index is 11.2. The highest BCUT2D eigenvalue weighted by Crippen LogP contribution is 1.99. The molecule has 0 aliphatic rings. The summed E-state index contributed by atoms with van der Waals surface area (Å²) < 4.78 is 5.71. The Morgan fingerprint density at radius 1 is 1.35 bits per heavy atom. The van der Waals surface area contributed by atoms with Gasteiger partial charge in [0.15, 0.2) is 0 Å². The van der Waals surface area contributed by atoms with E-state index in [9.17, 15) is 4.79 Å². The number of carbonyl (C=O) groups is 1. The number of nitrogens with zero attached hydrogens (tertiary/aromatic N) is 1. The molecule has 0 aliphatic heterocycles. The van der Waals surface area contributed by atoms with Gasteiger partial charge in [-0.3, -0.25) is 4.79 Å². The number of thiocarbonyl (C=S) groups is 2. The molecule has 0 fully saturated rings. The minimum Gasteiger partial charge on any atom is -0.466 e. The Labute approximate surface area is 123 Å². The highest BCUT2D eigenvalue weighted by molar-refractivity contribution is 8.11. The quantitative estimate of drug-likeness (QED) is 0.374. The first-order chi connectivity index (χ1) is 7.97. The lowest BCUT2D eigenvalue weighted by Gasteiger charge is -2.22. The molecule has 0 unspecified atom stereocenters. The molecule has 4 nitrogen and oxygen atoms in total. The fourth-order valence-electron chi connectivity index (χ4n) is 1.06. The lowest BCUT2D eigenvalue weighted by Crippen LogP contribution is -2.36. The predicted octanol–water partition coefficient (Wildman–Crippen LogP) is 1.26. The first kappa shape index (κ1) is 16.9. The van der Waals surface area contributed by atoms with Crippen molar-refractivity contribution in [2.24, 2.45) is 0 Å². The van der Waals surface area contributed by atoms with Crippen molar-refractivity contribution in [1.82, 2.24) is 10.2 Å². The molecule has 0 atom stereocenters. The average molecular weight is 313 g/mol. The molecule has 0 bridgehead atoms. The van der Waals surface area contributed by atoms with Gasteiger partial charge in [0.2, 0.25) is 0 Å². The van der Waals surface area contributed by atoms with Crippen molar-refractivity contribution in [3.63, 3.8) is 0 Å². The summed E-state index contributed by atoms with van der Waals surface area (Å²) >= 11 is 17.8. The molecule has 0 amide bonds. The van der Waals surface area contributed by atoms with Crippen LogP contribution in [0, 0.1) is 0 Å². The number of rotatable bonds is 7. The van der Waals surface area contributed by atoms with Crippen molar-refractivity contribution in [1.29, 1.82) is 0 Å². The van der Waals surface area contributed by atoms with Crippen LogP contribution >= 0.6 is 49.7 Å². The Morgan fingerprint density at radius 2 is 2.00 bits per heavy atom. The molecule has 98 valence electrons. The van der Waals surface area contributed by atoms with Gasteiger partial charge in [0, 0.05) is 19.6 Å². The first-order valence-electron chi connectivity index (χ1n) is 5.07. The minimum absolute atomic E-state index is 0.236. The monoisotopic (exact) mass is 312 g/mol. The van der Waals surface area contributed by atoms with E-state index in [-0.39, 0.29) is 5.97 Å². The van der Waals surface area contributed by atoms with Crippen molar-refractivity contribution in [3.05, 3.63) is 0 Å². The van der Waals surface area contributed by atoms with E-state index in [1.807, 2.05) is 0 Å². The van der Waals surface area contributed by atoms with E-state index in [0.29, 0.717) is 41.3 Å². The fourth-order valence-corrected chi connectivity index (χ4v) is 1.66. The third-order valence-electron chi connectivity index (χ3n) is 1.82. The summed E-state index contributed by atoms with van der Waals surface area (Å²) in [5, 5.41) is 2.89. The zero-order valence-electron chi connectivity index (χ0n) is 9.51. The summed E-state index contributed by atoms with van der Waals surface area (Å²) in [4.78, 5) is 13.0. The van der Waals surface area contributed by atoms with E-state index in [0.717, 1.165) is 0 Å². The van der Waals surface area contributed by atoms with E-state index in [1.165, 1.54) is 0 Å². The number of esters is 1. The first-order valence-corrected chi connectivity index (χ1v) is 6.78. The van der Waals surface area contributed by atoms with Gasteiger partial charge in [-0.1, -0.05) is 24.4 Å². The number of hydrogen-bond acceptors (Lipinski definition) is 4. The van der Waals surface area contributed by atoms with Crippen LogP contribution in [-0.4, -0.2) is 45.8 Å². The molecule has 1 N–H and O–H groups in total. The molecule has 0 spiro atoms. The largest absolute Gasteiger partial charge is 0.466 e. The molecular formula is C9H16N2O2S4. The third-order valence-corrected chi connectivity index (χ3v) is 2.66. The predicted molar refractivity (Wildman–Crippen MR) is 84.0 cm³/mol. The molecular weight excluding hydrogens is 296 g/mol. The van der Waals surface area contributed by atoms with Crippen molar-refractivity contribution in [3.8, 4) is 0 Å². The molecule has 8 heteroatoms. The van der Waals surface area contributed by atoms with Crippen LogP contribution in [0.4, 0.5) is 0 Å². The van der Waals surface area contributed by atoms with Crippen LogP contribution in [-0.2, 0) is 9.53 Å². The summed E-state index contributed by atoms with van der Waals surface area (Å²) in [7, 11) is 0. The van der Waals surface area contributed by atoms with Gasteiger partial charge in [-0.2, -0.15) is 0 Å². The Hall–Kier alpha value is -0.0500. The molecule has 0 radical (unpaired) electrons. The van der Waals surface area contributed by atoms with Gasteiger partial charge in [0.25, 0.3) is 0 Å². The van der Waals surface area contributed by atoms with E-state index >= 15 is 0 Å². The molecule has 0 aromatic carbocycles. The normalized spacial score (nSPS) is 9.59. The van der Waals surface area contributed by atoms with Gasteiger partial charge in [0.05, 0.1) is 13.0 Å². The van der Waals surface area contributed by atoms with E-state index in [2.05, 4.69) is 30.6 Å². The molecule has 0 aromatic heterocycles. The van der Waals surface area contributed by atoms with Crippen molar-refractivity contribution in [2.75, 3.05) is 26.2 Å². The van der Waals surface area contributed by atoms with Crippen molar-refractivity contribution < 1.29 is 9.53 Å². The van der Waals surface area contributed by atoms with Crippen molar-refractivity contribution >= 4 is 64.3 Å². The van der Waals surface area contributed by atoms with Gasteiger partial charge < -0.3 is 15.0 Å². The maximum absolute atomic E-state index is 11.2. The fraction of sp³-hybridized carbons (Fsp3) is 0.667. The second-order valence-corrected chi connectivity index (χ2v) is 5.33. The van der Waals surface area contributed by atoms with Crippen LogP contribution in [0.25, 0.3) is 0 Å². The van der Waals surface area contributed by atoms with Gasteiger partial charge >= 0.3 is 5.97 Å². The minimum atomic E-state index is -0.236.